The zero-order chi connectivity index (χ0) is 24.7. The zero-order valence-corrected chi connectivity index (χ0v) is 20.6. The van der Waals surface area contributed by atoms with Crippen molar-refractivity contribution in [2.24, 2.45) is 5.73 Å². The van der Waals surface area contributed by atoms with Crippen LogP contribution in [-0.4, -0.2) is 93.8 Å². The Morgan fingerprint density at radius 3 is 1.75 bits per heavy atom. The van der Waals surface area contributed by atoms with Crippen molar-refractivity contribution in [3.05, 3.63) is 0 Å². The minimum absolute atomic E-state index is 0.193. The monoisotopic (exact) mass is 512 g/mol. The molecule has 14 heteroatoms. The van der Waals surface area contributed by atoms with Crippen LogP contribution in [0.4, 0.5) is 0 Å². The molecule has 0 spiro atoms. The predicted octanol–water partition coefficient (Wildman–Crippen LogP) is -0.846. The minimum atomic E-state index is -1.32. The highest BCUT2D eigenvalue weighted by Crippen LogP contribution is 2.06. The largest absolute Gasteiger partial charge is 0.481 e. The van der Waals surface area contributed by atoms with Gasteiger partial charge in [0.2, 0.25) is 17.7 Å². The van der Waals surface area contributed by atoms with Gasteiger partial charge in [-0.1, -0.05) is 0 Å². The van der Waals surface area contributed by atoms with E-state index < -0.39 is 60.2 Å². The van der Waals surface area contributed by atoms with Crippen molar-refractivity contribution >= 4 is 65.8 Å². The molecular weight excluding hydrogens is 480 g/mol. The van der Waals surface area contributed by atoms with Crippen molar-refractivity contribution < 1.29 is 34.2 Å². The Hall–Kier alpha value is -1.64. The van der Waals surface area contributed by atoms with Crippen LogP contribution in [0.2, 0.25) is 0 Å². The van der Waals surface area contributed by atoms with Gasteiger partial charge in [-0.3, -0.25) is 19.2 Å². The van der Waals surface area contributed by atoms with Crippen LogP contribution >= 0.6 is 36.2 Å². The molecule has 0 aromatic carbocycles. The third kappa shape index (κ3) is 12.4. The number of hydrogen-bond acceptors (Lipinski definition) is 9. The second kappa shape index (κ2) is 16.9. The fourth-order valence-corrected chi connectivity index (χ4v) is 3.63. The third-order valence-electron chi connectivity index (χ3n) is 4.29. The zero-order valence-electron chi connectivity index (χ0n) is 18.0. The van der Waals surface area contributed by atoms with Gasteiger partial charge in [0.15, 0.2) is 0 Å². The van der Waals surface area contributed by atoms with E-state index in [1.54, 1.807) is 0 Å². The lowest BCUT2D eigenvalue weighted by Crippen LogP contribution is -2.57. The van der Waals surface area contributed by atoms with Crippen molar-refractivity contribution in [2.45, 2.75) is 49.9 Å². The van der Waals surface area contributed by atoms with E-state index in [0.717, 1.165) is 0 Å². The molecule has 0 bridgehead atoms. The van der Waals surface area contributed by atoms with E-state index >= 15 is 0 Å². The number of carbonyl (C=O) groups is 5. The fourth-order valence-electron chi connectivity index (χ4n) is 2.43. The van der Waals surface area contributed by atoms with Crippen LogP contribution in [0.3, 0.4) is 0 Å². The molecule has 4 atom stereocenters. The molecule has 0 heterocycles. The summed E-state index contributed by atoms with van der Waals surface area (Å²) in [4.78, 5) is 59.8. The van der Waals surface area contributed by atoms with Crippen LogP contribution in [0.5, 0.6) is 0 Å². The number of carboxylic acids is 2. The van der Waals surface area contributed by atoms with Gasteiger partial charge in [0, 0.05) is 12.2 Å². The molecule has 11 nitrogen and oxygen atoms in total. The van der Waals surface area contributed by atoms with E-state index in [0.29, 0.717) is 17.9 Å². The highest BCUT2D eigenvalue weighted by molar-refractivity contribution is 7.98. The van der Waals surface area contributed by atoms with Crippen LogP contribution in [0.15, 0.2) is 0 Å². The SMILES string of the molecule is CSCCC(N)C(=O)NC(CCSC)C(=O)NC(CCC(=O)O)C(=O)NC(CS)C(=O)O. The average Bonchev–Trinajstić information content (AvgIpc) is 2.74. The van der Waals surface area contributed by atoms with Crippen molar-refractivity contribution in [2.75, 3.05) is 29.8 Å². The highest BCUT2D eigenvalue weighted by atomic mass is 32.2. The Morgan fingerprint density at radius 2 is 1.28 bits per heavy atom. The van der Waals surface area contributed by atoms with Crippen LogP contribution in [-0.2, 0) is 24.0 Å². The summed E-state index contributed by atoms with van der Waals surface area (Å²) >= 11 is 6.85. The second-order valence-electron chi connectivity index (χ2n) is 6.81. The molecule has 0 fully saturated rings. The Labute approximate surface area is 201 Å². The summed E-state index contributed by atoms with van der Waals surface area (Å²) in [5, 5.41) is 25.3. The number of carboxylic acid groups (broad SMARTS) is 2. The number of amides is 3. The molecular formula is C18H32N4O7S3. The number of nitrogens with one attached hydrogen (secondary N) is 3. The number of hydrogen-bond donors (Lipinski definition) is 7. The normalized spacial score (nSPS) is 14.5. The van der Waals surface area contributed by atoms with Gasteiger partial charge in [-0.2, -0.15) is 36.2 Å². The maximum Gasteiger partial charge on any atom is 0.327 e. The van der Waals surface area contributed by atoms with Crippen molar-refractivity contribution in [3.63, 3.8) is 0 Å². The first kappa shape index (κ1) is 30.4. The van der Waals surface area contributed by atoms with E-state index in [-0.39, 0.29) is 18.6 Å². The smallest absolute Gasteiger partial charge is 0.327 e. The molecule has 0 aliphatic carbocycles. The molecule has 0 saturated heterocycles. The minimum Gasteiger partial charge on any atom is -0.481 e. The van der Waals surface area contributed by atoms with Crippen LogP contribution < -0.4 is 21.7 Å². The lowest BCUT2D eigenvalue weighted by atomic mass is 10.1. The first-order valence-corrected chi connectivity index (χ1v) is 13.2. The quantitative estimate of drug-likeness (QED) is 0.121. The van der Waals surface area contributed by atoms with Crippen LogP contribution in [0, 0.1) is 0 Å². The summed E-state index contributed by atoms with van der Waals surface area (Å²) in [5.74, 6) is -3.54. The molecule has 3 amide bonds. The molecule has 0 aromatic heterocycles. The van der Waals surface area contributed by atoms with E-state index in [2.05, 4.69) is 28.6 Å². The van der Waals surface area contributed by atoms with Gasteiger partial charge in [-0.15, -0.1) is 0 Å². The molecule has 184 valence electrons. The molecule has 0 radical (unpaired) electrons. The van der Waals surface area contributed by atoms with Crippen LogP contribution in [0.1, 0.15) is 25.7 Å². The molecule has 0 aromatic rings. The number of nitrogens with two attached hydrogens (primary N) is 1. The number of rotatable bonds is 17. The second-order valence-corrected chi connectivity index (χ2v) is 9.14. The first-order chi connectivity index (χ1) is 15.1. The van der Waals surface area contributed by atoms with Crippen molar-refractivity contribution in [3.8, 4) is 0 Å². The van der Waals surface area contributed by atoms with Gasteiger partial charge < -0.3 is 31.9 Å². The van der Waals surface area contributed by atoms with E-state index in [1.807, 2.05) is 12.5 Å². The topological polar surface area (TPSA) is 188 Å². The predicted molar refractivity (Wildman–Crippen MR) is 128 cm³/mol. The summed E-state index contributed by atoms with van der Waals surface area (Å²) in [6.45, 7) is 0. The maximum atomic E-state index is 12.8. The van der Waals surface area contributed by atoms with Gasteiger partial charge in [0.25, 0.3) is 0 Å². The molecule has 0 aliphatic heterocycles. The van der Waals surface area contributed by atoms with Gasteiger partial charge in [-0.25, -0.2) is 4.79 Å². The lowest BCUT2D eigenvalue weighted by molar-refractivity contribution is -0.142. The molecule has 4 unspecified atom stereocenters. The average molecular weight is 513 g/mol. The van der Waals surface area contributed by atoms with Gasteiger partial charge in [0.1, 0.15) is 18.1 Å². The van der Waals surface area contributed by atoms with Gasteiger partial charge >= 0.3 is 11.9 Å². The summed E-state index contributed by atoms with van der Waals surface area (Å²) in [6, 6.07) is -4.41. The van der Waals surface area contributed by atoms with Crippen LogP contribution in [0.25, 0.3) is 0 Å². The summed E-state index contributed by atoms with van der Waals surface area (Å²) in [5.41, 5.74) is 5.85. The lowest BCUT2D eigenvalue weighted by Gasteiger charge is -2.24. The highest BCUT2D eigenvalue weighted by Gasteiger charge is 2.30. The molecule has 32 heavy (non-hydrogen) atoms. The summed E-state index contributed by atoms with van der Waals surface area (Å²) < 4.78 is 0. The molecule has 7 N–H and O–H groups in total. The summed E-state index contributed by atoms with van der Waals surface area (Å²) in [6.07, 6.45) is 3.70. The van der Waals surface area contributed by atoms with Gasteiger partial charge in [0.05, 0.1) is 6.04 Å². The maximum absolute atomic E-state index is 12.8. The van der Waals surface area contributed by atoms with Crippen molar-refractivity contribution in [1.82, 2.24) is 16.0 Å². The fraction of sp³-hybridized carbons (Fsp3) is 0.722. The summed E-state index contributed by atoms with van der Waals surface area (Å²) in [7, 11) is 0. The Morgan fingerprint density at radius 1 is 0.812 bits per heavy atom. The third-order valence-corrected chi connectivity index (χ3v) is 5.94. The van der Waals surface area contributed by atoms with Crippen molar-refractivity contribution in [1.29, 1.82) is 0 Å². The molecule has 0 aliphatic rings. The number of aliphatic carboxylic acids is 2. The van der Waals surface area contributed by atoms with E-state index in [4.69, 9.17) is 15.9 Å². The molecule has 0 saturated carbocycles. The molecule has 0 rings (SSSR count). The number of thiol groups is 1. The Bertz CT molecular complexity index is 654. The first-order valence-electron chi connectivity index (χ1n) is 9.77. The number of thioether (sulfide) groups is 2. The Balaban J connectivity index is 5.38. The van der Waals surface area contributed by atoms with Gasteiger partial charge in [-0.05, 0) is 43.3 Å². The van der Waals surface area contributed by atoms with E-state index in [9.17, 15) is 24.0 Å². The standard InChI is InChI=1S/C18H32N4O7S3/c1-31-7-5-10(19)15(25)20-12(6-8-32-2)17(27)21-11(3-4-14(23)24)16(26)22-13(9-30)18(28)29/h10-13,30H,3-9,19H2,1-2H3,(H,20,25)(H,21,27)(H,22,26)(H,23,24)(H,28,29). The number of carbonyl (C=O) groups excluding carboxylic acids is 3. The Kier molecular flexibility index (Phi) is 16.1. The van der Waals surface area contributed by atoms with E-state index in [1.165, 1.54) is 23.5 Å².